The number of likely N-dealkylation sites (N-methyl/N-ethyl adjacent to an activating group) is 1. The average molecular weight is 514 g/mol. The molecule has 2 aliphatic rings. The fourth-order valence-corrected chi connectivity index (χ4v) is 5.86. The van der Waals surface area contributed by atoms with Gasteiger partial charge in [0, 0.05) is 67.5 Å². The molecule has 0 unspecified atom stereocenters. The lowest BCUT2D eigenvalue weighted by Gasteiger charge is -2.34. The van der Waals surface area contributed by atoms with E-state index in [0.29, 0.717) is 5.56 Å². The Morgan fingerprint density at radius 1 is 0.838 bits per heavy atom. The normalized spacial score (nSPS) is 16.8. The number of fused-ring (bicyclic) bond motifs is 1. The van der Waals surface area contributed by atoms with E-state index in [9.17, 15) is 4.79 Å². The SMILES string of the molecule is CN1CCN(c2ccc(-c3nc4ccc(C(=O)Nc5ccc(N6CCOCC6)cc5)cc4s3)cc2)CC1. The molecule has 2 saturated heterocycles. The van der Waals surface area contributed by atoms with Crippen molar-refractivity contribution in [3.05, 3.63) is 72.3 Å². The number of aromatic nitrogens is 1. The van der Waals surface area contributed by atoms with E-state index >= 15 is 0 Å². The number of carbonyl (C=O) groups excluding carboxylic acids is 1. The highest BCUT2D eigenvalue weighted by Crippen LogP contribution is 2.32. The predicted molar refractivity (Wildman–Crippen MR) is 152 cm³/mol. The van der Waals surface area contributed by atoms with Crippen LogP contribution in [0, 0.1) is 0 Å². The molecular weight excluding hydrogens is 482 g/mol. The van der Waals surface area contributed by atoms with Gasteiger partial charge in [0.05, 0.1) is 23.4 Å². The van der Waals surface area contributed by atoms with Crippen molar-refractivity contribution in [2.75, 3.05) is 74.6 Å². The van der Waals surface area contributed by atoms with E-state index in [0.717, 1.165) is 84.6 Å². The number of anilines is 3. The van der Waals surface area contributed by atoms with Gasteiger partial charge >= 0.3 is 0 Å². The third kappa shape index (κ3) is 5.32. The lowest BCUT2D eigenvalue weighted by atomic mass is 10.1. The molecule has 0 atom stereocenters. The maximum absolute atomic E-state index is 13.0. The molecule has 0 aliphatic carbocycles. The Bertz CT molecular complexity index is 1370. The number of hydrogen-bond acceptors (Lipinski definition) is 7. The summed E-state index contributed by atoms with van der Waals surface area (Å²) in [6.07, 6.45) is 0. The number of benzene rings is 3. The first-order valence-electron chi connectivity index (χ1n) is 12.8. The van der Waals surface area contributed by atoms with E-state index in [1.165, 1.54) is 5.69 Å². The smallest absolute Gasteiger partial charge is 0.255 e. The van der Waals surface area contributed by atoms with Crippen LogP contribution in [-0.2, 0) is 4.74 Å². The number of morpholine rings is 1. The molecule has 190 valence electrons. The molecule has 3 aromatic carbocycles. The van der Waals surface area contributed by atoms with Gasteiger partial charge in [0.1, 0.15) is 5.01 Å². The van der Waals surface area contributed by atoms with Crippen LogP contribution in [0.15, 0.2) is 66.7 Å². The Labute approximate surface area is 221 Å². The second kappa shape index (κ2) is 10.5. The number of hydrogen-bond donors (Lipinski definition) is 1. The second-order valence-corrected chi connectivity index (χ2v) is 10.7. The van der Waals surface area contributed by atoms with Gasteiger partial charge in [-0.25, -0.2) is 4.98 Å². The highest BCUT2D eigenvalue weighted by molar-refractivity contribution is 7.21. The van der Waals surface area contributed by atoms with Gasteiger partial charge in [-0.15, -0.1) is 11.3 Å². The summed E-state index contributed by atoms with van der Waals surface area (Å²) in [6, 6.07) is 22.4. The van der Waals surface area contributed by atoms with Crippen molar-refractivity contribution in [3.8, 4) is 10.6 Å². The number of ether oxygens (including phenoxy) is 1. The number of carbonyl (C=O) groups is 1. The van der Waals surface area contributed by atoms with E-state index in [1.807, 2.05) is 30.3 Å². The topological polar surface area (TPSA) is 60.9 Å². The van der Waals surface area contributed by atoms with E-state index < -0.39 is 0 Å². The second-order valence-electron chi connectivity index (χ2n) is 9.64. The van der Waals surface area contributed by atoms with Crippen LogP contribution in [-0.4, -0.2) is 75.3 Å². The van der Waals surface area contributed by atoms with Gasteiger partial charge in [-0.1, -0.05) is 0 Å². The zero-order valence-corrected chi connectivity index (χ0v) is 21.8. The number of rotatable bonds is 5. The van der Waals surface area contributed by atoms with E-state index in [4.69, 9.17) is 9.72 Å². The average Bonchev–Trinajstić information content (AvgIpc) is 3.38. The number of thiazole rings is 1. The first kappa shape index (κ1) is 23.9. The van der Waals surface area contributed by atoms with Crippen LogP contribution in [0.25, 0.3) is 20.8 Å². The van der Waals surface area contributed by atoms with Crippen LogP contribution in [0.1, 0.15) is 10.4 Å². The van der Waals surface area contributed by atoms with E-state index in [2.05, 4.69) is 63.5 Å². The zero-order chi connectivity index (χ0) is 25.2. The summed E-state index contributed by atoms with van der Waals surface area (Å²) in [6.45, 7) is 7.58. The van der Waals surface area contributed by atoms with Crippen molar-refractivity contribution in [1.82, 2.24) is 9.88 Å². The Kier molecular flexibility index (Phi) is 6.78. The summed E-state index contributed by atoms with van der Waals surface area (Å²) in [5, 5.41) is 3.99. The molecule has 2 fully saturated rings. The van der Waals surface area contributed by atoms with Crippen molar-refractivity contribution in [1.29, 1.82) is 0 Å². The first-order valence-corrected chi connectivity index (χ1v) is 13.6. The van der Waals surface area contributed by atoms with Crippen molar-refractivity contribution in [3.63, 3.8) is 0 Å². The van der Waals surface area contributed by atoms with Crippen molar-refractivity contribution < 1.29 is 9.53 Å². The molecular formula is C29H31N5O2S. The molecule has 0 bridgehead atoms. The fourth-order valence-electron chi connectivity index (χ4n) is 4.85. The molecule has 1 amide bonds. The maximum Gasteiger partial charge on any atom is 0.255 e. The zero-order valence-electron chi connectivity index (χ0n) is 21.0. The maximum atomic E-state index is 13.0. The summed E-state index contributed by atoms with van der Waals surface area (Å²) >= 11 is 1.62. The molecule has 6 rings (SSSR count). The van der Waals surface area contributed by atoms with Crippen molar-refractivity contribution >= 4 is 44.5 Å². The van der Waals surface area contributed by atoms with Crippen molar-refractivity contribution in [2.45, 2.75) is 0 Å². The quantitative estimate of drug-likeness (QED) is 0.414. The molecule has 37 heavy (non-hydrogen) atoms. The molecule has 0 spiro atoms. The van der Waals surface area contributed by atoms with Crippen LogP contribution in [0.5, 0.6) is 0 Å². The summed E-state index contributed by atoms with van der Waals surface area (Å²) in [5.74, 6) is -0.118. The summed E-state index contributed by atoms with van der Waals surface area (Å²) < 4.78 is 6.44. The standard InChI is InChI=1S/C29H31N5O2S/c1-32-12-14-33(15-13-32)24-7-2-21(3-8-24)29-31-26-11-4-22(20-27(26)37-29)28(35)30-23-5-9-25(10-6-23)34-16-18-36-19-17-34/h2-11,20H,12-19H2,1H3,(H,30,35). The molecule has 0 radical (unpaired) electrons. The van der Waals surface area contributed by atoms with Crippen LogP contribution >= 0.6 is 11.3 Å². The van der Waals surface area contributed by atoms with Crippen molar-refractivity contribution in [2.24, 2.45) is 0 Å². The third-order valence-electron chi connectivity index (χ3n) is 7.13. The van der Waals surface area contributed by atoms with Gasteiger partial charge in [0.15, 0.2) is 0 Å². The number of nitrogens with zero attached hydrogens (tertiary/aromatic N) is 4. The Hall–Kier alpha value is -3.46. The Morgan fingerprint density at radius 3 is 2.19 bits per heavy atom. The van der Waals surface area contributed by atoms with Gasteiger partial charge in [-0.2, -0.15) is 0 Å². The summed E-state index contributed by atoms with van der Waals surface area (Å²) in [7, 11) is 2.17. The summed E-state index contributed by atoms with van der Waals surface area (Å²) in [5.41, 5.74) is 5.84. The third-order valence-corrected chi connectivity index (χ3v) is 8.20. The monoisotopic (exact) mass is 513 g/mol. The van der Waals surface area contributed by atoms with Crippen LogP contribution in [0.2, 0.25) is 0 Å². The lowest BCUT2D eigenvalue weighted by Crippen LogP contribution is -2.44. The minimum absolute atomic E-state index is 0.118. The molecule has 0 saturated carbocycles. The van der Waals surface area contributed by atoms with E-state index in [-0.39, 0.29) is 5.91 Å². The number of nitrogens with one attached hydrogen (secondary N) is 1. The van der Waals surface area contributed by atoms with Crippen LogP contribution in [0.3, 0.4) is 0 Å². The Morgan fingerprint density at radius 2 is 1.49 bits per heavy atom. The van der Waals surface area contributed by atoms with Crippen LogP contribution in [0.4, 0.5) is 17.1 Å². The minimum atomic E-state index is -0.118. The predicted octanol–water partition coefficient (Wildman–Crippen LogP) is 4.80. The molecule has 1 aromatic heterocycles. The minimum Gasteiger partial charge on any atom is -0.378 e. The van der Waals surface area contributed by atoms with Gasteiger partial charge in [0.2, 0.25) is 0 Å². The number of piperazine rings is 1. The van der Waals surface area contributed by atoms with E-state index in [1.54, 1.807) is 11.3 Å². The largest absolute Gasteiger partial charge is 0.378 e. The van der Waals surface area contributed by atoms with Gasteiger partial charge < -0.3 is 24.8 Å². The van der Waals surface area contributed by atoms with Gasteiger partial charge in [0.25, 0.3) is 5.91 Å². The highest BCUT2D eigenvalue weighted by Gasteiger charge is 2.16. The molecule has 3 heterocycles. The van der Waals surface area contributed by atoms with Crippen LogP contribution < -0.4 is 15.1 Å². The molecule has 2 aliphatic heterocycles. The highest BCUT2D eigenvalue weighted by atomic mass is 32.1. The lowest BCUT2D eigenvalue weighted by molar-refractivity contribution is 0.102. The number of amides is 1. The molecule has 4 aromatic rings. The van der Waals surface area contributed by atoms with Gasteiger partial charge in [-0.3, -0.25) is 4.79 Å². The molecule has 8 heteroatoms. The Balaban J connectivity index is 1.13. The van der Waals surface area contributed by atoms with Gasteiger partial charge in [-0.05, 0) is 73.8 Å². The molecule has 7 nitrogen and oxygen atoms in total. The fraction of sp³-hybridized carbons (Fsp3) is 0.310. The summed E-state index contributed by atoms with van der Waals surface area (Å²) in [4.78, 5) is 24.9. The first-order chi connectivity index (χ1) is 18.1. The molecule has 1 N–H and O–H groups in total.